The van der Waals surface area contributed by atoms with Gasteiger partial charge in [0.1, 0.15) is 0 Å². The van der Waals surface area contributed by atoms with Crippen LogP contribution in [0.15, 0.2) is 0 Å². The van der Waals surface area contributed by atoms with Crippen LogP contribution in [0, 0.1) is 5.41 Å². The summed E-state index contributed by atoms with van der Waals surface area (Å²) in [5.74, 6) is -0.761. The van der Waals surface area contributed by atoms with Gasteiger partial charge in [-0.2, -0.15) is 0 Å². The summed E-state index contributed by atoms with van der Waals surface area (Å²) in [6.07, 6.45) is 0.357. The van der Waals surface area contributed by atoms with Gasteiger partial charge in [-0.25, -0.2) is 0 Å². The maximum Gasteiger partial charge on any atom is 0.317 e. The first-order chi connectivity index (χ1) is 8.75. The molecule has 1 amide bonds. The fourth-order valence-electron chi connectivity index (χ4n) is 2.51. The zero-order valence-corrected chi connectivity index (χ0v) is 12.1. The number of rotatable bonds is 4. The van der Waals surface area contributed by atoms with E-state index < -0.39 is 5.97 Å². The van der Waals surface area contributed by atoms with Crippen molar-refractivity contribution in [1.82, 2.24) is 9.80 Å². The summed E-state index contributed by atoms with van der Waals surface area (Å²) in [6, 6.07) is 0.0547. The Morgan fingerprint density at radius 1 is 1.32 bits per heavy atom. The highest BCUT2D eigenvalue weighted by molar-refractivity contribution is 5.76. The number of nitrogens with zero attached hydrogens (tertiary/aromatic N) is 2. The molecule has 0 aromatic rings. The predicted octanol–water partition coefficient (Wildman–Crippen LogP) is -0.0213. The van der Waals surface area contributed by atoms with E-state index in [9.17, 15) is 9.59 Å². The fourth-order valence-corrected chi connectivity index (χ4v) is 2.51. The Morgan fingerprint density at radius 3 is 2.42 bits per heavy atom. The molecule has 6 nitrogen and oxygen atoms in total. The number of amides is 1. The van der Waals surface area contributed by atoms with Crippen molar-refractivity contribution in [2.45, 2.75) is 33.2 Å². The van der Waals surface area contributed by atoms with E-state index >= 15 is 0 Å². The molecular weight excluding hydrogens is 246 g/mol. The largest absolute Gasteiger partial charge is 0.480 e. The zero-order valence-electron chi connectivity index (χ0n) is 12.1. The van der Waals surface area contributed by atoms with Crippen molar-refractivity contribution in [3.05, 3.63) is 0 Å². The van der Waals surface area contributed by atoms with Gasteiger partial charge < -0.3 is 15.7 Å². The lowest BCUT2D eigenvalue weighted by Gasteiger charge is -2.46. The molecule has 0 saturated carbocycles. The third-order valence-electron chi connectivity index (χ3n) is 3.54. The van der Waals surface area contributed by atoms with E-state index in [0.717, 1.165) is 0 Å². The second-order valence-electron chi connectivity index (χ2n) is 6.12. The standard InChI is InChI=1S/C13H25N3O3/c1-13(2,3)10-8-16(11(17)4-5-14)7-6-15(10)9-12(18)19/h10H,4-9,14H2,1-3H3,(H,18,19). The summed E-state index contributed by atoms with van der Waals surface area (Å²) in [4.78, 5) is 26.6. The molecule has 1 heterocycles. The van der Waals surface area contributed by atoms with Gasteiger partial charge in [-0.3, -0.25) is 14.5 Å². The summed E-state index contributed by atoms with van der Waals surface area (Å²) in [5, 5.41) is 8.97. The lowest BCUT2D eigenvalue weighted by atomic mass is 9.84. The molecule has 1 aliphatic heterocycles. The summed E-state index contributed by atoms with van der Waals surface area (Å²) in [6.45, 7) is 8.37. The van der Waals surface area contributed by atoms with Gasteiger partial charge in [-0.1, -0.05) is 20.8 Å². The second-order valence-corrected chi connectivity index (χ2v) is 6.12. The van der Waals surface area contributed by atoms with Crippen molar-refractivity contribution < 1.29 is 14.7 Å². The smallest absolute Gasteiger partial charge is 0.317 e. The number of aliphatic carboxylic acids is 1. The van der Waals surface area contributed by atoms with Crippen LogP contribution in [0.1, 0.15) is 27.2 Å². The molecule has 0 radical (unpaired) electrons. The average molecular weight is 271 g/mol. The molecule has 1 unspecified atom stereocenters. The molecular formula is C13H25N3O3. The zero-order chi connectivity index (χ0) is 14.6. The van der Waals surface area contributed by atoms with E-state index in [0.29, 0.717) is 32.6 Å². The quantitative estimate of drug-likeness (QED) is 0.750. The normalized spacial score (nSPS) is 21.5. The Bertz CT molecular complexity index is 339. The lowest BCUT2D eigenvalue weighted by Crippen LogP contribution is -2.60. The summed E-state index contributed by atoms with van der Waals surface area (Å²) >= 11 is 0. The van der Waals surface area contributed by atoms with Crippen molar-refractivity contribution in [1.29, 1.82) is 0 Å². The van der Waals surface area contributed by atoms with Gasteiger partial charge in [-0.15, -0.1) is 0 Å². The molecule has 110 valence electrons. The van der Waals surface area contributed by atoms with E-state index in [1.165, 1.54) is 0 Å². The van der Waals surface area contributed by atoms with Gasteiger partial charge in [0, 0.05) is 38.6 Å². The maximum atomic E-state index is 11.9. The van der Waals surface area contributed by atoms with Crippen LogP contribution in [0.4, 0.5) is 0 Å². The number of carbonyl (C=O) groups is 2. The summed E-state index contributed by atoms with van der Waals surface area (Å²) in [7, 11) is 0. The van der Waals surface area contributed by atoms with Crippen LogP contribution in [0.25, 0.3) is 0 Å². The Labute approximate surface area is 114 Å². The Morgan fingerprint density at radius 2 is 1.95 bits per heavy atom. The Kier molecular flexibility index (Phi) is 5.31. The monoisotopic (exact) mass is 271 g/mol. The molecule has 1 atom stereocenters. The average Bonchev–Trinajstić information content (AvgIpc) is 2.27. The molecule has 0 aliphatic carbocycles. The van der Waals surface area contributed by atoms with Crippen LogP contribution >= 0.6 is 0 Å². The summed E-state index contributed by atoms with van der Waals surface area (Å²) < 4.78 is 0. The SMILES string of the molecule is CC(C)(C)C1CN(C(=O)CCN)CCN1CC(=O)O. The molecule has 19 heavy (non-hydrogen) atoms. The molecule has 1 rings (SSSR count). The van der Waals surface area contributed by atoms with Gasteiger partial charge >= 0.3 is 5.97 Å². The van der Waals surface area contributed by atoms with Crippen molar-refractivity contribution in [2.75, 3.05) is 32.7 Å². The van der Waals surface area contributed by atoms with Gasteiger partial charge in [0.2, 0.25) is 5.91 Å². The van der Waals surface area contributed by atoms with Gasteiger partial charge in [0.05, 0.1) is 6.54 Å². The highest BCUT2D eigenvalue weighted by atomic mass is 16.4. The van der Waals surface area contributed by atoms with Crippen molar-refractivity contribution in [3.63, 3.8) is 0 Å². The number of carbonyl (C=O) groups excluding carboxylic acids is 1. The molecule has 1 saturated heterocycles. The topological polar surface area (TPSA) is 86.9 Å². The molecule has 3 N–H and O–H groups in total. The number of piperazine rings is 1. The number of hydrogen-bond donors (Lipinski definition) is 2. The highest BCUT2D eigenvalue weighted by Crippen LogP contribution is 2.27. The van der Waals surface area contributed by atoms with Crippen LogP contribution < -0.4 is 5.73 Å². The van der Waals surface area contributed by atoms with Gasteiger partial charge in [0.25, 0.3) is 0 Å². The van der Waals surface area contributed by atoms with Crippen LogP contribution in [0.2, 0.25) is 0 Å². The van der Waals surface area contributed by atoms with Gasteiger partial charge in [0.15, 0.2) is 0 Å². The van der Waals surface area contributed by atoms with Crippen molar-refractivity contribution in [3.8, 4) is 0 Å². The minimum atomic E-state index is -0.823. The first kappa shape index (κ1) is 15.9. The highest BCUT2D eigenvalue weighted by Gasteiger charge is 2.37. The first-order valence-corrected chi connectivity index (χ1v) is 6.69. The van der Waals surface area contributed by atoms with E-state index in [-0.39, 0.29) is 23.9 Å². The van der Waals surface area contributed by atoms with Gasteiger partial charge in [-0.05, 0) is 5.41 Å². The molecule has 0 aromatic heterocycles. The van der Waals surface area contributed by atoms with Crippen LogP contribution in [0.3, 0.4) is 0 Å². The minimum Gasteiger partial charge on any atom is -0.480 e. The number of carboxylic acid groups (broad SMARTS) is 1. The maximum absolute atomic E-state index is 11.9. The molecule has 0 bridgehead atoms. The van der Waals surface area contributed by atoms with Crippen LogP contribution in [0.5, 0.6) is 0 Å². The van der Waals surface area contributed by atoms with Crippen molar-refractivity contribution in [2.24, 2.45) is 11.1 Å². The summed E-state index contributed by atoms with van der Waals surface area (Å²) in [5.41, 5.74) is 5.34. The van der Waals surface area contributed by atoms with Crippen molar-refractivity contribution >= 4 is 11.9 Å². The third-order valence-corrected chi connectivity index (χ3v) is 3.54. The van der Waals surface area contributed by atoms with E-state index in [1.54, 1.807) is 4.90 Å². The lowest BCUT2D eigenvalue weighted by molar-refractivity contribution is -0.142. The second kappa shape index (κ2) is 6.34. The number of hydrogen-bond acceptors (Lipinski definition) is 4. The van der Waals surface area contributed by atoms with Crippen LogP contribution in [-0.2, 0) is 9.59 Å². The molecule has 1 fully saturated rings. The molecule has 6 heteroatoms. The molecule has 1 aliphatic rings. The van der Waals surface area contributed by atoms with E-state index in [2.05, 4.69) is 20.8 Å². The number of carboxylic acids is 1. The Balaban J connectivity index is 2.76. The van der Waals surface area contributed by atoms with Crippen LogP contribution in [-0.4, -0.2) is 65.5 Å². The van der Waals surface area contributed by atoms with E-state index in [4.69, 9.17) is 10.8 Å². The number of nitrogens with two attached hydrogens (primary N) is 1. The Hall–Kier alpha value is -1.14. The third kappa shape index (κ3) is 4.47. The minimum absolute atomic E-state index is 0.0286. The molecule has 0 aromatic carbocycles. The molecule has 0 spiro atoms. The predicted molar refractivity (Wildman–Crippen MR) is 72.7 cm³/mol. The van der Waals surface area contributed by atoms with E-state index in [1.807, 2.05) is 4.90 Å². The fraction of sp³-hybridized carbons (Fsp3) is 0.846. The first-order valence-electron chi connectivity index (χ1n) is 6.69.